The van der Waals surface area contributed by atoms with Crippen molar-refractivity contribution >= 4 is 50.0 Å². The fourth-order valence-corrected chi connectivity index (χ4v) is 6.82. The molecule has 2 aliphatic heterocycles. The number of fused-ring (bicyclic) bond motifs is 1. The highest BCUT2D eigenvalue weighted by Gasteiger charge is 2.49. The van der Waals surface area contributed by atoms with Gasteiger partial charge >= 0.3 is 0 Å². The summed E-state index contributed by atoms with van der Waals surface area (Å²) in [6, 6.07) is 5.32. The number of thioether (sulfide) groups is 1. The number of halogens is 2. The van der Waals surface area contributed by atoms with Crippen LogP contribution in [0.25, 0.3) is 0 Å². The number of nitriles is 1. The van der Waals surface area contributed by atoms with Gasteiger partial charge < -0.3 is 4.90 Å². The topological polar surface area (TPSA) is 90.6 Å². The van der Waals surface area contributed by atoms with Crippen LogP contribution in [0.4, 0.5) is 10.1 Å². The van der Waals surface area contributed by atoms with Gasteiger partial charge in [-0.15, -0.1) is 0 Å². The van der Waals surface area contributed by atoms with Crippen molar-refractivity contribution in [2.45, 2.75) is 17.7 Å². The SMILES string of the molecule is N#CCC(=O)N=C1SC2CS(=O)(=O)CC2N1c1ccc(F)c(Cl)c1. The molecule has 2 saturated heterocycles. The zero-order chi connectivity index (χ0) is 17.5. The molecule has 0 aromatic heterocycles. The molecule has 0 spiro atoms. The Balaban J connectivity index is 2.03. The van der Waals surface area contributed by atoms with Crippen LogP contribution in [0.5, 0.6) is 0 Å². The second kappa shape index (κ2) is 6.35. The van der Waals surface area contributed by atoms with Gasteiger partial charge in [0, 0.05) is 10.9 Å². The third-order valence-electron chi connectivity index (χ3n) is 3.70. The number of amides is 1. The minimum absolute atomic E-state index is 0.0147. The Morgan fingerprint density at radius 3 is 2.92 bits per heavy atom. The van der Waals surface area contributed by atoms with Gasteiger partial charge in [0.25, 0.3) is 5.91 Å². The number of hydrogen-bond acceptors (Lipinski definition) is 5. The maximum Gasteiger partial charge on any atom is 0.262 e. The Morgan fingerprint density at radius 2 is 2.25 bits per heavy atom. The van der Waals surface area contributed by atoms with Crippen LogP contribution in [0.1, 0.15) is 6.42 Å². The van der Waals surface area contributed by atoms with Crippen LogP contribution >= 0.6 is 23.4 Å². The van der Waals surface area contributed by atoms with Crippen LogP contribution in [0, 0.1) is 17.1 Å². The largest absolute Gasteiger partial charge is 0.316 e. The predicted octanol–water partition coefficient (Wildman–Crippen LogP) is 1.99. The van der Waals surface area contributed by atoms with Crippen LogP contribution in [0.3, 0.4) is 0 Å². The molecule has 2 aliphatic rings. The third-order valence-corrected chi connectivity index (χ3v) is 7.20. The number of anilines is 1. The number of amidine groups is 1. The average molecular weight is 388 g/mol. The number of rotatable bonds is 2. The van der Waals surface area contributed by atoms with Gasteiger partial charge in [-0.3, -0.25) is 4.79 Å². The molecule has 0 radical (unpaired) electrons. The minimum atomic E-state index is -3.19. The van der Waals surface area contributed by atoms with E-state index in [1.54, 1.807) is 11.0 Å². The lowest BCUT2D eigenvalue weighted by Gasteiger charge is -2.24. The molecule has 0 bridgehead atoms. The van der Waals surface area contributed by atoms with E-state index in [0.29, 0.717) is 10.9 Å². The molecule has 126 valence electrons. The lowest BCUT2D eigenvalue weighted by atomic mass is 10.2. The molecule has 2 atom stereocenters. The maximum absolute atomic E-state index is 13.4. The van der Waals surface area contributed by atoms with Crippen molar-refractivity contribution in [3.05, 3.63) is 29.0 Å². The highest BCUT2D eigenvalue weighted by Crippen LogP contribution is 2.41. The summed E-state index contributed by atoms with van der Waals surface area (Å²) in [6.45, 7) is 0. The van der Waals surface area contributed by atoms with E-state index in [1.165, 1.54) is 30.0 Å². The molecule has 24 heavy (non-hydrogen) atoms. The molecule has 0 N–H and O–H groups in total. The summed E-state index contributed by atoms with van der Waals surface area (Å²) >= 11 is 7.00. The highest BCUT2D eigenvalue weighted by molar-refractivity contribution is 8.16. The summed E-state index contributed by atoms with van der Waals surface area (Å²) < 4.78 is 37.2. The van der Waals surface area contributed by atoms with Crippen molar-refractivity contribution < 1.29 is 17.6 Å². The molecule has 6 nitrogen and oxygen atoms in total. The number of nitrogens with zero attached hydrogens (tertiary/aromatic N) is 3. The van der Waals surface area contributed by atoms with E-state index < -0.39 is 27.6 Å². The van der Waals surface area contributed by atoms with Crippen LogP contribution in [0.15, 0.2) is 23.2 Å². The first-order valence-corrected chi connectivity index (χ1v) is 9.98. The molecule has 1 aromatic carbocycles. The molecule has 0 aliphatic carbocycles. The van der Waals surface area contributed by atoms with Crippen LogP contribution in [-0.2, 0) is 14.6 Å². The van der Waals surface area contributed by atoms with Crippen molar-refractivity contribution in [2.24, 2.45) is 4.99 Å². The van der Waals surface area contributed by atoms with Gasteiger partial charge in [-0.05, 0) is 18.2 Å². The molecule has 3 rings (SSSR count). The number of hydrogen-bond donors (Lipinski definition) is 0. The zero-order valence-corrected chi connectivity index (χ0v) is 14.5. The van der Waals surface area contributed by atoms with Crippen molar-refractivity contribution in [2.75, 3.05) is 16.4 Å². The summed E-state index contributed by atoms with van der Waals surface area (Å²) in [7, 11) is -3.19. The van der Waals surface area contributed by atoms with E-state index in [2.05, 4.69) is 4.99 Å². The fraction of sp³-hybridized carbons (Fsp3) is 0.357. The van der Waals surface area contributed by atoms with Crippen molar-refractivity contribution in [1.82, 2.24) is 0 Å². The quantitative estimate of drug-likeness (QED) is 0.770. The Kier molecular flexibility index (Phi) is 4.55. The number of carbonyl (C=O) groups excluding carboxylic acids is 1. The fourth-order valence-electron chi connectivity index (χ4n) is 2.72. The first-order chi connectivity index (χ1) is 11.3. The Bertz CT molecular complexity index is 882. The lowest BCUT2D eigenvalue weighted by molar-refractivity contribution is -0.116. The smallest absolute Gasteiger partial charge is 0.262 e. The van der Waals surface area contributed by atoms with E-state index in [9.17, 15) is 17.6 Å². The van der Waals surface area contributed by atoms with Gasteiger partial charge in [0.05, 0.1) is 28.6 Å². The maximum atomic E-state index is 13.4. The van der Waals surface area contributed by atoms with E-state index in [-0.39, 0.29) is 28.2 Å². The Hall–Kier alpha value is -1.63. The molecule has 2 unspecified atom stereocenters. The van der Waals surface area contributed by atoms with Gasteiger partial charge in [-0.1, -0.05) is 23.4 Å². The van der Waals surface area contributed by atoms with E-state index in [4.69, 9.17) is 16.9 Å². The predicted molar refractivity (Wildman–Crippen MR) is 90.4 cm³/mol. The first kappa shape index (κ1) is 17.2. The van der Waals surface area contributed by atoms with Crippen molar-refractivity contribution in [3.63, 3.8) is 0 Å². The normalized spacial score (nSPS) is 26.4. The van der Waals surface area contributed by atoms with E-state index in [1.807, 2.05) is 0 Å². The Labute approximate surface area is 147 Å². The van der Waals surface area contributed by atoms with Crippen LogP contribution < -0.4 is 4.90 Å². The number of aliphatic imine (C=N–C) groups is 1. The highest BCUT2D eigenvalue weighted by atomic mass is 35.5. The molecule has 2 fully saturated rings. The molecule has 1 aromatic rings. The average Bonchev–Trinajstić information content (AvgIpc) is 2.93. The monoisotopic (exact) mass is 387 g/mol. The van der Waals surface area contributed by atoms with Gasteiger partial charge in [0.15, 0.2) is 15.0 Å². The van der Waals surface area contributed by atoms with Crippen LogP contribution in [-0.4, -0.2) is 42.3 Å². The molecule has 2 heterocycles. The van der Waals surface area contributed by atoms with Gasteiger partial charge in [-0.25, -0.2) is 12.8 Å². The zero-order valence-electron chi connectivity index (χ0n) is 12.1. The first-order valence-electron chi connectivity index (χ1n) is 6.90. The minimum Gasteiger partial charge on any atom is -0.316 e. The molecule has 0 saturated carbocycles. The second-order valence-corrected chi connectivity index (χ2v) is 9.16. The molecule has 1 amide bonds. The summed E-state index contributed by atoms with van der Waals surface area (Å²) in [5, 5.41) is 8.52. The molecular formula is C14H11ClFN3O3S2. The summed E-state index contributed by atoms with van der Waals surface area (Å²) in [5.74, 6) is -1.30. The van der Waals surface area contributed by atoms with Crippen LogP contribution in [0.2, 0.25) is 5.02 Å². The summed E-state index contributed by atoms with van der Waals surface area (Å²) in [5.41, 5.74) is 0.460. The standard InChI is InChI=1S/C14H11ClFN3O3S2/c15-9-5-8(1-2-10(9)16)19-11-6-24(21,22)7-12(11)23-14(19)18-13(20)3-4-17/h1-2,5,11-12H,3,6-7H2. The number of sulfone groups is 1. The van der Waals surface area contributed by atoms with Gasteiger partial charge in [0.2, 0.25) is 0 Å². The molecular weight excluding hydrogens is 377 g/mol. The van der Waals surface area contributed by atoms with Gasteiger partial charge in [0.1, 0.15) is 12.2 Å². The van der Waals surface area contributed by atoms with Gasteiger partial charge in [-0.2, -0.15) is 10.3 Å². The summed E-state index contributed by atoms with van der Waals surface area (Å²) in [6.07, 6.45) is -0.365. The van der Waals surface area contributed by atoms with E-state index >= 15 is 0 Å². The lowest BCUT2D eigenvalue weighted by Crippen LogP contribution is -2.37. The van der Waals surface area contributed by atoms with E-state index in [0.717, 1.165) is 0 Å². The Morgan fingerprint density at radius 1 is 1.50 bits per heavy atom. The number of benzene rings is 1. The number of carbonyl (C=O) groups is 1. The molecule has 10 heteroatoms. The second-order valence-electron chi connectivity index (χ2n) is 5.39. The van der Waals surface area contributed by atoms with Crippen molar-refractivity contribution in [3.8, 4) is 6.07 Å². The third kappa shape index (κ3) is 3.27. The van der Waals surface area contributed by atoms with Crippen molar-refractivity contribution in [1.29, 1.82) is 5.26 Å². The summed E-state index contributed by atoms with van der Waals surface area (Å²) in [4.78, 5) is 17.2.